The summed E-state index contributed by atoms with van der Waals surface area (Å²) in [7, 11) is 0. The van der Waals surface area contributed by atoms with Gasteiger partial charge in [0.15, 0.2) is 0 Å². The summed E-state index contributed by atoms with van der Waals surface area (Å²) < 4.78 is 0. The highest BCUT2D eigenvalue weighted by Gasteiger charge is 2.24. The smallest absolute Gasteiger partial charge is 0.270 e. The maximum Gasteiger partial charge on any atom is 0.270 e. The average molecular weight is 292 g/mol. The van der Waals surface area contributed by atoms with Crippen molar-refractivity contribution in [3.8, 4) is 0 Å². The number of carbonyl (C=O) groups excluding carboxylic acids is 1. The second-order valence-electron chi connectivity index (χ2n) is 5.42. The summed E-state index contributed by atoms with van der Waals surface area (Å²) in [6, 6.07) is 5.99. The van der Waals surface area contributed by atoms with E-state index in [1.807, 2.05) is 13.8 Å². The molecule has 6 heteroatoms. The quantitative estimate of drug-likeness (QED) is 0.477. The molecule has 0 aliphatic rings. The lowest BCUT2D eigenvalue weighted by atomic mass is 9.92. The van der Waals surface area contributed by atoms with E-state index in [4.69, 9.17) is 0 Å². The van der Waals surface area contributed by atoms with Crippen molar-refractivity contribution in [2.24, 2.45) is 5.92 Å². The third kappa shape index (κ3) is 5.35. The molecule has 0 radical (unpaired) electrons. The molecule has 0 aliphatic heterocycles. The molecule has 0 saturated carbocycles. The summed E-state index contributed by atoms with van der Waals surface area (Å²) in [5, 5.41) is 23.3. The summed E-state index contributed by atoms with van der Waals surface area (Å²) in [5.41, 5.74) is -0.440. The first-order valence-electron chi connectivity index (χ1n) is 6.65. The van der Waals surface area contributed by atoms with Crippen LogP contribution in [0.2, 0.25) is 0 Å². The molecule has 1 unspecified atom stereocenters. The number of nitro benzene ring substituents is 1. The van der Waals surface area contributed by atoms with Crippen molar-refractivity contribution in [3.05, 3.63) is 46.0 Å². The number of nitro groups is 1. The average Bonchev–Trinajstić information content (AvgIpc) is 2.43. The van der Waals surface area contributed by atoms with Crippen LogP contribution in [-0.2, 0) is 4.79 Å². The highest BCUT2D eigenvalue weighted by Crippen LogP contribution is 2.15. The van der Waals surface area contributed by atoms with E-state index in [2.05, 4.69) is 5.32 Å². The standard InChI is InChI=1S/C15H20N2O4/c1-11(2)15(3,19)10-16-14(18)8-7-12-5-4-6-13(9-12)17(20)21/h4-9,11,19H,10H2,1-3H3,(H,16,18). The van der Waals surface area contributed by atoms with Gasteiger partial charge in [-0.1, -0.05) is 26.0 Å². The van der Waals surface area contributed by atoms with Crippen molar-refractivity contribution in [2.45, 2.75) is 26.4 Å². The summed E-state index contributed by atoms with van der Waals surface area (Å²) in [4.78, 5) is 21.8. The molecular formula is C15H20N2O4. The largest absolute Gasteiger partial charge is 0.388 e. The van der Waals surface area contributed by atoms with E-state index < -0.39 is 10.5 Å². The fourth-order valence-corrected chi connectivity index (χ4v) is 1.44. The minimum absolute atomic E-state index is 0.0125. The highest BCUT2D eigenvalue weighted by atomic mass is 16.6. The molecule has 0 spiro atoms. The van der Waals surface area contributed by atoms with Gasteiger partial charge in [-0.05, 0) is 24.5 Å². The molecule has 1 aromatic rings. The zero-order valence-corrected chi connectivity index (χ0v) is 12.4. The van der Waals surface area contributed by atoms with Crippen molar-refractivity contribution in [1.82, 2.24) is 5.32 Å². The van der Waals surface area contributed by atoms with Crippen molar-refractivity contribution >= 4 is 17.7 Å². The molecule has 2 N–H and O–H groups in total. The van der Waals surface area contributed by atoms with Crippen LogP contribution in [0.3, 0.4) is 0 Å². The monoisotopic (exact) mass is 292 g/mol. The Hall–Kier alpha value is -2.21. The Labute approximate surface area is 123 Å². The van der Waals surface area contributed by atoms with Gasteiger partial charge in [0.2, 0.25) is 5.91 Å². The molecule has 6 nitrogen and oxygen atoms in total. The fraction of sp³-hybridized carbons (Fsp3) is 0.400. The highest BCUT2D eigenvalue weighted by molar-refractivity contribution is 5.91. The first-order valence-corrected chi connectivity index (χ1v) is 6.65. The first-order chi connectivity index (χ1) is 9.72. The number of nitrogens with one attached hydrogen (secondary N) is 1. The third-order valence-electron chi connectivity index (χ3n) is 3.37. The molecule has 0 fully saturated rings. The first kappa shape index (κ1) is 16.8. The van der Waals surface area contributed by atoms with Crippen LogP contribution in [0.1, 0.15) is 26.3 Å². The van der Waals surface area contributed by atoms with Gasteiger partial charge in [-0.3, -0.25) is 14.9 Å². The Morgan fingerprint density at radius 2 is 2.19 bits per heavy atom. The van der Waals surface area contributed by atoms with Gasteiger partial charge in [-0.15, -0.1) is 0 Å². The lowest BCUT2D eigenvalue weighted by molar-refractivity contribution is -0.384. The van der Waals surface area contributed by atoms with E-state index in [1.165, 1.54) is 24.3 Å². The summed E-state index contributed by atoms with van der Waals surface area (Å²) >= 11 is 0. The van der Waals surface area contributed by atoms with Crippen LogP contribution >= 0.6 is 0 Å². The van der Waals surface area contributed by atoms with Gasteiger partial charge in [0.25, 0.3) is 5.69 Å². The molecular weight excluding hydrogens is 272 g/mol. The van der Waals surface area contributed by atoms with Crippen molar-refractivity contribution < 1.29 is 14.8 Å². The number of hydrogen-bond acceptors (Lipinski definition) is 4. The molecule has 1 aromatic carbocycles. The van der Waals surface area contributed by atoms with Crippen LogP contribution in [0.5, 0.6) is 0 Å². The van der Waals surface area contributed by atoms with Crippen LogP contribution < -0.4 is 5.32 Å². The zero-order valence-electron chi connectivity index (χ0n) is 12.4. The van der Waals surface area contributed by atoms with Crippen molar-refractivity contribution in [1.29, 1.82) is 0 Å². The molecule has 0 aromatic heterocycles. The molecule has 114 valence electrons. The Kier molecular flexibility index (Phi) is 5.60. The van der Waals surface area contributed by atoms with Gasteiger partial charge in [-0.25, -0.2) is 0 Å². The predicted octanol–water partition coefficient (Wildman–Crippen LogP) is 2.13. The topological polar surface area (TPSA) is 92.5 Å². The number of carbonyl (C=O) groups is 1. The maximum absolute atomic E-state index is 11.7. The zero-order chi connectivity index (χ0) is 16.0. The SMILES string of the molecule is CC(C)C(C)(O)CNC(=O)C=Cc1cccc([N+](=O)[O-])c1. The minimum atomic E-state index is -0.977. The number of aliphatic hydroxyl groups is 1. The Balaban J connectivity index is 2.62. The van der Waals surface area contributed by atoms with Crippen LogP contribution in [-0.4, -0.2) is 28.1 Å². The van der Waals surface area contributed by atoms with Gasteiger partial charge in [-0.2, -0.15) is 0 Å². The van der Waals surface area contributed by atoms with E-state index in [-0.39, 0.29) is 24.1 Å². The molecule has 0 heterocycles. The normalized spacial score (nSPS) is 14.1. The minimum Gasteiger partial charge on any atom is -0.388 e. The summed E-state index contributed by atoms with van der Waals surface area (Å²) in [5.74, 6) is -0.346. The second kappa shape index (κ2) is 6.99. The Bertz CT molecular complexity index is 550. The van der Waals surface area contributed by atoms with Gasteiger partial charge >= 0.3 is 0 Å². The lowest BCUT2D eigenvalue weighted by Crippen LogP contribution is -2.43. The van der Waals surface area contributed by atoms with E-state index in [0.717, 1.165) is 0 Å². The molecule has 0 bridgehead atoms. The summed E-state index contributed by atoms with van der Waals surface area (Å²) in [6.45, 7) is 5.53. The predicted molar refractivity (Wildman–Crippen MR) is 80.6 cm³/mol. The molecule has 0 saturated heterocycles. The molecule has 21 heavy (non-hydrogen) atoms. The molecule has 0 aliphatic carbocycles. The van der Waals surface area contributed by atoms with Crippen molar-refractivity contribution in [2.75, 3.05) is 6.54 Å². The number of benzene rings is 1. The maximum atomic E-state index is 11.7. The molecule has 1 rings (SSSR count). The van der Waals surface area contributed by atoms with E-state index in [1.54, 1.807) is 19.1 Å². The van der Waals surface area contributed by atoms with Gasteiger partial charge in [0, 0.05) is 24.8 Å². The van der Waals surface area contributed by atoms with Gasteiger partial charge in [0.05, 0.1) is 10.5 Å². The van der Waals surface area contributed by atoms with Crippen LogP contribution in [0, 0.1) is 16.0 Å². The number of rotatable bonds is 6. The number of non-ortho nitro benzene ring substituents is 1. The third-order valence-corrected chi connectivity index (χ3v) is 3.37. The van der Waals surface area contributed by atoms with Crippen LogP contribution in [0.15, 0.2) is 30.3 Å². The number of hydrogen-bond donors (Lipinski definition) is 2. The van der Waals surface area contributed by atoms with Crippen LogP contribution in [0.4, 0.5) is 5.69 Å². The lowest BCUT2D eigenvalue weighted by Gasteiger charge is -2.27. The van der Waals surface area contributed by atoms with Gasteiger partial charge < -0.3 is 10.4 Å². The fourth-order valence-electron chi connectivity index (χ4n) is 1.44. The van der Waals surface area contributed by atoms with Crippen molar-refractivity contribution in [3.63, 3.8) is 0 Å². The number of nitrogens with zero attached hydrogens (tertiary/aromatic N) is 1. The molecule has 1 amide bonds. The van der Waals surface area contributed by atoms with E-state index >= 15 is 0 Å². The van der Waals surface area contributed by atoms with E-state index in [9.17, 15) is 20.0 Å². The molecule has 1 atom stereocenters. The van der Waals surface area contributed by atoms with Crippen LogP contribution in [0.25, 0.3) is 6.08 Å². The van der Waals surface area contributed by atoms with E-state index in [0.29, 0.717) is 5.56 Å². The number of amides is 1. The second-order valence-corrected chi connectivity index (χ2v) is 5.42. The Morgan fingerprint density at radius 1 is 1.52 bits per heavy atom. The summed E-state index contributed by atoms with van der Waals surface area (Å²) in [6.07, 6.45) is 2.78. The van der Waals surface area contributed by atoms with Gasteiger partial charge in [0.1, 0.15) is 0 Å². The Morgan fingerprint density at radius 3 is 2.76 bits per heavy atom.